The Kier molecular flexibility index (Phi) is 3.44. The molecule has 1 aliphatic rings. The number of benzene rings is 2. The second-order valence-electron chi connectivity index (χ2n) is 5.04. The second kappa shape index (κ2) is 5.40. The van der Waals surface area contributed by atoms with Crippen molar-refractivity contribution in [2.24, 2.45) is 0 Å². The van der Waals surface area contributed by atoms with E-state index in [1.807, 2.05) is 30.3 Å². The topological polar surface area (TPSA) is 55.4 Å². The molecule has 0 aliphatic carbocycles. The smallest absolute Gasteiger partial charge is 0.308 e. The summed E-state index contributed by atoms with van der Waals surface area (Å²) >= 11 is 0. The van der Waals surface area contributed by atoms with Gasteiger partial charge >= 0.3 is 5.97 Å². The van der Waals surface area contributed by atoms with Crippen LogP contribution >= 0.6 is 0 Å². The summed E-state index contributed by atoms with van der Waals surface area (Å²) in [5.74, 6) is 0.262. The number of carbonyl (C=O) groups is 2. The fraction of sp³-hybridized carbons (Fsp3) is 0.176. The third-order valence-electron chi connectivity index (χ3n) is 3.43. The van der Waals surface area contributed by atoms with Crippen LogP contribution in [0.5, 0.6) is 5.75 Å². The third-order valence-corrected chi connectivity index (χ3v) is 3.43. The molecule has 0 atom stereocenters. The van der Waals surface area contributed by atoms with Gasteiger partial charge in [-0.15, -0.1) is 0 Å². The van der Waals surface area contributed by atoms with Gasteiger partial charge in [-0.05, 0) is 47.4 Å². The number of nitrogens with one attached hydrogen (secondary N) is 1. The van der Waals surface area contributed by atoms with E-state index in [1.165, 1.54) is 6.92 Å². The minimum absolute atomic E-state index is 0.0621. The van der Waals surface area contributed by atoms with Crippen molar-refractivity contribution in [3.8, 4) is 16.9 Å². The summed E-state index contributed by atoms with van der Waals surface area (Å²) in [4.78, 5) is 22.4. The van der Waals surface area contributed by atoms with Gasteiger partial charge < -0.3 is 10.1 Å². The predicted octanol–water partition coefficient (Wildman–Crippen LogP) is 3.16. The molecule has 1 aliphatic heterocycles. The number of aryl methyl sites for hydroxylation is 1. The predicted molar refractivity (Wildman–Crippen MR) is 80.1 cm³/mol. The molecule has 0 saturated heterocycles. The summed E-state index contributed by atoms with van der Waals surface area (Å²) in [5.41, 5.74) is 4.03. The number of amides is 1. The van der Waals surface area contributed by atoms with Gasteiger partial charge in [-0.1, -0.05) is 18.2 Å². The first-order chi connectivity index (χ1) is 10.1. The zero-order valence-corrected chi connectivity index (χ0v) is 11.7. The summed E-state index contributed by atoms with van der Waals surface area (Å²) in [6, 6.07) is 13.4. The first-order valence-corrected chi connectivity index (χ1v) is 6.83. The van der Waals surface area contributed by atoms with Crippen LogP contribution in [0.25, 0.3) is 11.1 Å². The molecule has 0 bridgehead atoms. The van der Waals surface area contributed by atoms with E-state index in [-0.39, 0.29) is 11.9 Å². The van der Waals surface area contributed by atoms with Crippen LogP contribution in [0, 0.1) is 0 Å². The highest BCUT2D eigenvalue weighted by Crippen LogP contribution is 2.30. The molecule has 2 aromatic rings. The van der Waals surface area contributed by atoms with Gasteiger partial charge in [-0.2, -0.15) is 0 Å². The summed E-state index contributed by atoms with van der Waals surface area (Å²) < 4.78 is 5.11. The van der Waals surface area contributed by atoms with Crippen molar-refractivity contribution >= 4 is 17.6 Å². The van der Waals surface area contributed by atoms with Gasteiger partial charge in [-0.3, -0.25) is 9.59 Å². The van der Waals surface area contributed by atoms with Crippen molar-refractivity contribution in [2.45, 2.75) is 19.8 Å². The van der Waals surface area contributed by atoms with Crippen molar-refractivity contribution in [1.82, 2.24) is 0 Å². The van der Waals surface area contributed by atoms with Crippen molar-refractivity contribution < 1.29 is 14.3 Å². The van der Waals surface area contributed by atoms with Gasteiger partial charge in [0.2, 0.25) is 5.91 Å². The number of ether oxygens (including phenoxy) is 1. The molecule has 0 saturated carbocycles. The quantitative estimate of drug-likeness (QED) is 0.679. The van der Waals surface area contributed by atoms with Gasteiger partial charge in [0.25, 0.3) is 0 Å². The third kappa shape index (κ3) is 2.94. The number of hydrogen-bond acceptors (Lipinski definition) is 3. The van der Waals surface area contributed by atoms with E-state index in [9.17, 15) is 9.59 Å². The van der Waals surface area contributed by atoms with Crippen molar-refractivity contribution in [2.75, 3.05) is 5.32 Å². The van der Waals surface area contributed by atoms with Gasteiger partial charge in [0.1, 0.15) is 5.75 Å². The summed E-state index contributed by atoms with van der Waals surface area (Å²) in [6.07, 6.45) is 1.27. The number of fused-ring (bicyclic) bond motifs is 1. The number of esters is 1. The van der Waals surface area contributed by atoms with E-state index < -0.39 is 0 Å². The molecule has 0 unspecified atom stereocenters. The molecule has 4 nitrogen and oxygen atoms in total. The fourth-order valence-electron chi connectivity index (χ4n) is 2.47. The van der Waals surface area contributed by atoms with Crippen LogP contribution in [0.4, 0.5) is 5.69 Å². The van der Waals surface area contributed by atoms with Crippen molar-refractivity contribution in [1.29, 1.82) is 0 Å². The Morgan fingerprint density at radius 3 is 2.71 bits per heavy atom. The summed E-state index contributed by atoms with van der Waals surface area (Å²) in [5, 5.41) is 2.87. The van der Waals surface area contributed by atoms with E-state index in [2.05, 4.69) is 11.4 Å². The lowest BCUT2D eigenvalue weighted by molar-refractivity contribution is -0.131. The average molecular weight is 281 g/mol. The van der Waals surface area contributed by atoms with E-state index in [0.29, 0.717) is 12.2 Å². The lowest BCUT2D eigenvalue weighted by Crippen LogP contribution is -2.18. The maximum absolute atomic E-state index is 11.4. The standard InChI is InChI=1S/C17H15NO3/c1-11(19)21-15-4-2-3-12(10-15)13-5-7-16-14(9-13)6-8-17(20)18-16/h2-5,7,9-10H,6,8H2,1H3,(H,18,20). The zero-order chi connectivity index (χ0) is 14.8. The molecule has 0 aromatic heterocycles. The fourth-order valence-corrected chi connectivity index (χ4v) is 2.47. The molecule has 0 spiro atoms. The molecular weight excluding hydrogens is 266 g/mol. The zero-order valence-electron chi connectivity index (χ0n) is 11.7. The molecule has 2 aromatic carbocycles. The van der Waals surface area contributed by atoms with Crippen LogP contribution in [0.1, 0.15) is 18.9 Å². The molecule has 3 rings (SSSR count). The van der Waals surface area contributed by atoms with E-state index >= 15 is 0 Å². The Balaban J connectivity index is 1.94. The molecule has 1 heterocycles. The van der Waals surface area contributed by atoms with Gasteiger partial charge in [0.15, 0.2) is 0 Å². The molecule has 1 N–H and O–H groups in total. The monoisotopic (exact) mass is 281 g/mol. The van der Waals surface area contributed by atoms with Crippen LogP contribution in [0.3, 0.4) is 0 Å². The highest BCUT2D eigenvalue weighted by Gasteiger charge is 2.15. The largest absolute Gasteiger partial charge is 0.427 e. The Bertz CT molecular complexity index is 722. The molecular formula is C17H15NO3. The Hall–Kier alpha value is -2.62. The summed E-state index contributed by atoms with van der Waals surface area (Å²) in [7, 11) is 0. The Morgan fingerprint density at radius 1 is 1.10 bits per heavy atom. The van der Waals surface area contributed by atoms with Crippen LogP contribution in [-0.4, -0.2) is 11.9 Å². The number of rotatable bonds is 2. The lowest BCUT2D eigenvalue weighted by atomic mass is 9.97. The maximum Gasteiger partial charge on any atom is 0.308 e. The molecule has 4 heteroatoms. The van der Waals surface area contributed by atoms with Crippen LogP contribution in [-0.2, 0) is 16.0 Å². The van der Waals surface area contributed by atoms with Gasteiger partial charge in [0, 0.05) is 19.0 Å². The highest BCUT2D eigenvalue weighted by molar-refractivity contribution is 5.94. The molecule has 0 radical (unpaired) electrons. The summed E-state index contributed by atoms with van der Waals surface area (Å²) in [6.45, 7) is 1.38. The molecule has 0 fully saturated rings. The first kappa shape index (κ1) is 13.4. The van der Waals surface area contributed by atoms with Crippen LogP contribution in [0.2, 0.25) is 0 Å². The highest BCUT2D eigenvalue weighted by atomic mass is 16.5. The first-order valence-electron chi connectivity index (χ1n) is 6.83. The number of carbonyl (C=O) groups excluding carboxylic acids is 2. The Morgan fingerprint density at radius 2 is 1.90 bits per heavy atom. The normalized spacial score (nSPS) is 13.3. The average Bonchev–Trinajstić information content (AvgIpc) is 2.46. The van der Waals surface area contributed by atoms with Crippen LogP contribution in [0.15, 0.2) is 42.5 Å². The minimum Gasteiger partial charge on any atom is -0.427 e. The maximum atomic E-state index is 11.4. The van der Waals surface area contributed by atoms with Crippen molar-refractivity contribution in [3.63, 3.8) is 0 Å². The lowest BCUT2D eigenvalue weighted by Gasteiger charge is -2.17. The molecule has 106 valence electrons. The second-order valence-corrected chi connectivity index (χ2v) is 5.04. The Labute approximate surface area is 122 Å². The number of anilines is 1. The van der Waals surface area contributed by atoms with E-state index in [1.54, 1.807) is 6.07 Å². The minimum atomic E-state index is -0.333. The van der Waals surface area contributed by atoms with Gasteiger partial charge in [0.05, 0.1) is 0 Å². The van der Waals surface area contributed by atoms with E-state index in [4.69, 9.17) is 4.74 Å². The molecule has 21 heavy (non-hydrogen) atoms. The van der Waals surface area contributed by atoms with Gasteiger partial charge in [-0.25, -0.2) is 0 Å². The number of hydrogen-bond donors (Lipinski definition) is 1. The van der Waals surface area contributed by atoms with Crippen LogP contribution < -0.4 is 10.1 Å². The van der Waals surface area contributed by atoms with Crippen molar-refractivity contribution in [3.05, 3.63) is 48.0 Å². The van der Waals surface area contributed by atoms with E-state index in [0.717, 1.165) is 28.8 Å². The SMILES string of the molecule is CC(=O)Oc1cccc(-c2ccc3c(c2)CCC(=O)N3)c1. The molecule has 1 amide bonds.